The summed E-state index contributed by atoms with van der Waals surface area (Å²) in [4.78, 5) is 18.2. The first kappa shape index (κ1) is 16.0. The van der Waals surface area contributed by atoms with Crippen LogP contribution in [0.3, 0.4) is 0 Å². The van der Waals surface area contributed by atoms with Crippen LogP contribution in [0.5, 0.6) is 0 Å². The van der Waals surface area contributed by atoms with E-state index in [-0.39, 0.29) is 5.91 Å². The van der Waals surface area contributed by atoms with Crippen molar-refractivity contribution in [3.8, 4) is 5.69 Å². The molecule has 2 rings (SSSR count). The molecule has 0 aliphatic heterocycles. The van der Waals surface area contributed by atoms with Gasteiger partial charge in [-0.15, -0.1) is 11.3 Å². The highest BCUT2D eigenvalue weighted by Crippen LogP contribution is 2.20. The highest BCUT2D eigenvalue weighted by molar-refractivity contribution is 7.09. The molecule has 0 radical (unpaired) electrons. The normalized spacial score (nSPS) is 12.8. The van der Waals surface area contributed by atoms with Crippen LogP contribution in [0.4, 0.5) is 0 Å². The van der Waals surface area contributed by atoms with Gasteiger partial charge in [0, 0.05) is 27.2 Å². The lowest BCUT2D eigenvalue weighted by molar-refractivity contribution is -0.125. The van der Waals surface area contributed by atoms with Gasteiger partial charge in [0.2, 0.25) is 0 Å². The van der Waals surface area contributed by atoms with Crippen molar-refractivity contribution in [2.75, 3.05) is 0 Å². The van der Waals surface area contributed by atoms with Gasteiger partial charge in [-0.25, -0.2) is 0 Å². The minimum absolute atomic E-state index is 0.128. The Kier molecular flexibility index (Phi) is 4.40. The Morgan fingerprint density at radius 2 is 1.95 bits per heavy atom. The van der Waals surface area contributed by atoms with Gasteiger partial charge in [-0.2, -0.15) is 4.99 Å². The van der Waals surface area contributed by atoms with Crippen LogP contribution in [-0.4, -0.2) is 10.5 Å². The second kappa shape index (κ2) is 5.78. The highest BCUT2D eigenvalue weighted by Gasteiger charge is 2.21. The van der Waals surface area contributed by atoms with Crippen molar-refractivity contribution < 1.29 is 4.79 Å². The van der Waals surface area contributed by atoms with Crippen molar-refractivity contribution >= 4 is 28.8 Å². The quantitative estimate of drug-likeness (QED) is 0.771. The van der Waals surface area contributed by atoms with Gasteiger partial charge in [0.25, 0.3) is 5.91 Å². The number of benzene rings is 1. The zero-order valence-electron chi connectivity index (χ0n) is 12.9. The molecular formula is C16H19ClN2OS. The van der Waals surface area contributed by atoms with Crippen LogP contribution in [0.25, 0.3) is 5.69 Å². The molecule has 0 atom stereocenters. The van der Waals surface area contributed by atoms with Gasteiger partial charge in [0.15, 0.2) is 4.80 Å². The Labute approximate surface area is 133 Å². The molecule has 3 nitrogen and oxygen atoms in total. The number of aromatic nitrogens is 1. The third-order valence-corrected chi connectivity index (χ3v) is 4.35. The number of thiazole rings is 1. The van der Waals surface area contributed by atoms with Crippen LogP contribution in [0.15, 0.2) is 29.4 Å². The second-order valence-electron chi connectivity index (χ2n) is 6.09. The van der Waals surface area contributed by atoms with E-state index in [0.717, 1.165) is 16.1 Å². The Morgan fingerprint density at radius 3 is 2.52 bits per heavy atom. The van der Waals surface area contributed by atoms with E-state index in [4.69, 9.17) is 11.6 Å². The molecule has 2 aromatic rings. The lowest BCUT2D eigenvalue weighted by atomic mass is 9.96. The van der Waals surface area contributed by atoms with E-state index in [1.165, 1.54) is 11.3 Å². The standard InChI is InChI=1S/C16H19ClN2OS/c1-10-6-7-12(8-13(10)17)19-9-11(2)21-15(19)18-14(20)16(3,4)5/h6-9H,1-5H3. The molecule has 1 amide bonds. The molecule has 0 N–H and O–H groups in total. The van der Waals surface area contributed by atoms with Crippen LogP contribution in [0, 0.1) is 19.3 Å². The topological polar surface area (TPSA) is 34.4 Å². The molecule has 0 unspecified atom stereocenters. The molecule has 112 valence electrons. The molecule has 1 heterocycles. The Balaban J connectivity index is 2.58. The number of hydrogen-bond acceptors (Lipinski definition) is 2. The monoisotopic (exact) mass is 322 g/mol. The molecule has 0 bridgehead atoms. The zero-order chi connectivity index (χ0) is 15.8. The van der Waals surface area contributed by atoms with Crippen molar-refractivity contribution in [3.63, 3.8) is 0 Å². The summed E-state index contributed by atoms with van der Waals surface area (Å²) in [6.07, 6.45) is 1.97. The Morgan fingerprint density at radius 1 is 1.29 bits per heavy atom. The molecule has 5 heteroatoms. The zero-order valence-corrected chi connectivity index (χ0v) is 14.5. The summed E-state index contributed by atoms with van der Waals surface area (Å²) >= 11 is 7.69. The smallest absolute Gasteiger partial charge is 0.253 e. The largest absolute Gasteiger partial charge is 0.292 e. The summed E-state index contributed by atoms with van der Waals surface area (Å²) in [5.41, 5.74) is 1.45. The SMILES string of the molecule is Cc1cn(-c2ccc(C)c(Cl)c2)c(=NC(=O)C(C)(C)C)s1. The van der Waals surface area contributed by atoms with Gasteiger partial charge in [-0.3, -0.25) is 9.36 Å². The fourth-order valence-electron chi connectivity index (χ4n) is 1.70. The van der Waals surface area contributed by atoms with Gasteiger partial charge in [0.05, 0.1) is 0 Å². The predicted octanol–water partition coefficient (Wildman–Crippen LogP) is 4.28. The molecule has 0 saturated carbocycles. The van der Waals surface area contributed by atoms with Crippen molar-refractivity contribution in [2.24, 2.45) is 10.4 Å². The van der Waals surface area contributed by atoms with Gasteiger partial charge in [-0.1, -0.05) is 38.4 Å². The lowest BCUT2D eigenvalue weighted by Gasteiger charge is -2.12. The van der Waals surface area contributed by atoms with Gasteiger partial charge in [0.1, 0.15) is 0 Å². The number of rotatable bonds is 1. The summed E-state index contributed by atoms with van der Waals surface area (Å²) in [6.45, 7) is 9.56. The van der Waals surface area contributed by atoms with E-state index in [1.807, 2.05) is 63.6 Å². The second-order valence-corrected chi connectivity index (χ2v) is 7.72. The molecule has 1 aromatic heterocycles. The summed E-state index contributed by atoms with van der Waals surface area (Å²) in [5, 5.41) is 0.706. The molecule has 0 saturated heterocycles. The van der Waals surface area contributed by atoms with Crippen LogP contribution < -0.4 is 4.80 Å². The molecule has 1 aromatic carbocycles. The fraction of sp³-hybridized carbons (Fsp3) is 0.375. The average Bonchev–Trinajstić information content (AvgIpc) is 2.72. The first-order valence-electron chi connectivity index (χ1n) is 6.73. The van der Waals surface area contributed by atoms with Gasteiger partial charge >= 0.3 is 0 Å². The number of nitrogens with zero attached hydrogens (tertiary/aromatic N) is 2. The van der Waals surface area contributed by atoms with Crippen molar-refractivity contribution in [3.05, 3.63) is 44.7 Å². The molecule has 21 heavy (non-hydrogen) atoms. The highest BCUT2D eigenvalue weighted by atomic mass is 35.5. The number of halogens is 1. The van der Waals surface area contributed by atoms with Gasteiger partial charge in [-0.05, 0) is 31.5 Å². The van der Waals surface area contributed by atoms with Crippen LogP contribution >= 0.6 is 22.9 Å². The van der Waals surface area contributed by atoms with Crippen LogP contribution in [-0.2, 0) is 4.79 Å². The average molecular weight is 323 g/mol. The van der Waals surface area contributed by atoms with E-state index in [2.05, 4.69) is 4.99 Å². The third kappa shape index (κ3) is 3.63. The van der Waals surface area contributed by atoms with Crippen molar-refractivity contribution in [1.82, 2.24) is 4.57 Å². The number of amides is 1. The van der Waals surface area contributed by atoms with E-state index in [1.54, 1.807) is 0 Å². The molecular weight excluding hydrogens is 304 g/mol. The maximum Gasteiger partial charge on any atom is 0.253 e. The summed E-state index contributed by atoms with van der Waals surface area (Å²) in [5.74, 6) is -0.128. The summed E-state index contributed by atoms with van der Waals surface area (Å²) < 4.78 is 1.91. The van der Waals surface area contributed by atoms with Crippen LogP contribution in [0.2, 0.25) is 5.02 Å². The Hall–Kier alpha value is -1.39. The fourth-order valence-corrected chi connectivity index (χ4v) is 2.71. The number of aryl methyl sites for hydroxylation is 2. The van der Waals surface area contributed by atoms with Gasteiger partial charge < -0.3 is 0 Å². The molecule has 0 spiro atoms. The van der Waals surface area contributed by atoms with Crippen molar-refractivity contribution in [1.29, 1.82) is 0 Å². The minimum atomic E-state index is -0.485. The van der Waals surface area contributed by atoms with E-state index in [0.29, 0.717) is 9.82 Å². The first-order valence-corrected chi connectivity index (χ1v) is 7.93. The van der Waals surface area contributed by atoms with E-state index >= 15 is 0 Å². The van der Waals surface area contributed by atoms with E-state index in [9.17, 15) is 4.79 Å². The summed E-state index contributed by atoms with van der Waals surface area (Å²) in [6, 6.07) is 5.84. The lowest BCUT2D eigenvalue weighted by Crippen LogP contribution is -2.22. The maximum absolute atomic E-state index is 12.1. The van der Waals surface area contributed by atoms with E-state index < -0.39 is 5.41 Å². The molecule has 0 fully saturated rings. The number of carbonyl (C=O) groups excluding carboxylic acids is 1. The Bertz CT molecular complexity index is 750. The number of carbonyl (C=O) groups is 1. The molecule has 0 aliphatic rings. The first-order chi connectivity index (χ1) is 9.68. The van der Waals surface area contributed by atoms with Crippen molar-refractivity contribution in [2.45, 2.75) is 34.6 Å². The predicted molar refractivity (Wildman–Crippen MR) is 88.2 cm³/mol. The maximum atomic E-state index is 12.1. The third-order valence-electron chi connectivity index (χ3n) is 3.04. The van der Waals surface area contributed by atoms with Crippen LogP contribution in [0.1, 0.15) is 31.2 Å². The molecule has 0 aliphatic carbocycles. The number of hydrogen-bond donors (Lipinski definition) is 0. The summed E-state index contributed by atoms with van der Waals surface area (Å²) in [7, 11) is 0. The minimum Gasteiger partial charge on any atom is -0.292 e.